The van der Waals surface area contributed by atoms with Crippen molar-refractivity contribution in [3.63, 3.8) is 0 Å². The predicted octanol–water partition coefficient (Wildman–Crippen LogP) is 2.89. The van der Waals surface area contributed by atoms with Gasteiger partial charge >= 0.3 is 0 Å². The lowest BCUT2D eigenvalue weighted by Crippen LogP contribution is -2.38. The van der Waals surface area contributed by atoms with E-state index in [1.165, 1.54) is 0 Å². The molecule has 4 aromatic rings. The number of H-pyrrole nitrogens is 1. The van der Waals surface area contributed by atoms with Gasteiger partial charge in [-0.25, -0.2) is 4.98 Å². The predicted molar refractivity (Wildman–Crippen MR) is 126 cm³/mol. The fourth-order valence-corrected chi connectivity index (χ4v) is 4.10. The van der Waals surface area contributed by atoms with E-state index in [-0.39, 0.29) is 11.7 Å². The van der Waals surface area contributed by atoms with Crippen LogP contribution in [0.4, 0.5) is 0 Å². The number of aromatic amines is 1. The number of hydrogen-bond donors (Lipinski definition) is 4. The van der Waals surface area contributed by atoms with E-state index in [4.69, 9.17) is 25.4 Å². The zero-order chi connectivity index (χ0) is 22.8. The van der Waals surface area contributed by atoms with Gasteiger partial charge in [-0.15, -0.1) is 0 Å². The molecule has 5 N–H and O–H groups in total. The van der Waals surface area contributed by atoms with Crippen LogP contribution in [-0.4, -0.2) is 70.5 Å². The van der Waals surface area contributed by atoms with Crippen molar-refractivity contribution in [1.82, 2.24) is 14.9 Å². The molecule has 2 aromatic carbocycles. The lowest BCUT2D eigenvalue weighted by molar-refractivity contribution is 0.0322. The van der Waals surface area contributed by atoms with Gasteiger partial charge in [0, 0.05) is 41.5 Å². The van der Waals surface area contributed by atoms with Crippen LogP contribution in [0.3, 0.4) is 0 Å². The second kappa shape index (κ2) is 8.97. The summed E-state index contributed by atoms with van der Waals surface area (Å²) in [6.45, 7) is 4.92. The topological polar surface area (TPSA) is 129 Å². The second-order valence-electron chi connectivity index (χ2n) is 7.95. The number of nitrogens with one attached hydrogen (secondary N) is 1. The smallest absolute Gasteiger partial charge is 0.199 e. The quantitative estimate of drug-likeness (QED) is 0.155. The SMILES string of the molecule is N/C(=N\O)c1ccc2[nH]c(O)c(-c3ccc4cc(OCCN5CCOCC5)ccc4n3)c2c1. The summed E-state index contributed by atoms with van der Waals surface area (Å²) in [6.07, 6.45) is 0. The lowest BCUT2D eigenvalue weighted by atomic mass is 10.0. The van der Waals surface area contributed by atoms with Crippen molar-refractivity contribution >= 4 is 27.6 Å². The van der Waals surface area contributed by atoms with E-state index in [9.17, 15) is 5.11 Å². The highest BCUT2D eigenvalue weighted by Crippen LogP contribution is 2.37. The first kappa shape index (κ1) is 21.0. The first-order valence-corrected chi connectivity index (χ1v) is 10.8. The standard InChI is InChI=1S/C24H25N5O4/c25-23(28-31)16-2-4-20-18(14-16)22(24(30)27-20)21-5-1-15-13-17(3-6-19(15)26-21)33-12-9-29-7-10-32-11-8-29/h1-6,13-14,27,30-31H,7-12H2,(H2,25,28). The molecular weight excluding hydrogens is 422 g/mol. The van der Waals surface area contributed by atoms with Gasteiger partial charge in [0.25, 0.3) is 0 Å². The summed E-state index contributed by atoms with van der Waals surface area (Å²) in [4.78, 5) is 10.0. The molecule has 0 aliphatic carbocycles. The average molecular weight is 447 g/mol. The fraction of sp³-hybridized carbons (Fsp3) is 0.250. The third-order valence-electron chi connectivity index (χ3n) is 5.88. The number of nitrogens with two attached hydrogens (primary N) is 1. The number of nitrogens with zero attached hydrogens (tertiary/aromatic N) is 3. The largest absolute Gasteiger partial charge is 0.494 e. The second-order valence-corrected chi connectivity index (χ2v) is 7.95. The number of ether oxygens (including phenoxy) is 2. The van der Waals surface area contributed by atoms with Gasteiger partial charge in [-0.05, 0) is 42.5 Å². The summed E-state index contributed by atoms with van der Waals surface area (Å²) in [5.41, 5.74) is 8.97. The van der Waals surface area contributed by atoms with Crippen molar-refractivity contribution < 1.29 is 19.8 Å². The molecule has 0 unspecified atom stereocenters. The molecule has 1 aliphatic rings. The minimum absolute atomic E-state index is 0.00356. The van der Waals surface area contributed by atoms with Crippen LogP contribution >= 0.6 is 0 Å². The molecule has 0 spiro atoms. The van der Waals surface area contributed by atoms with Crippen molar-refractivity contribution in [3.8, 4) is 22.9 Å². The Morgan fingerprint density at radius 3 is 2.82 bits per heavy atom. The number of fused-ring (bicyclic) bond motifs is 2. The zero-order valence-corrected chi connectivity index (χ0v) is 18.0. The number of pyridine rings is 1. The summed E-state index contributed by atoms with van der Waals surface area (Å²) < 4.78 is 11.3. The average Bonchev–Trinajstić information content (AvgIpc) is 3.18. The minimum Gasteiger partial charge on any atom is -0.494 e. The molecule has 9 heteroatoms. The summed E-state index contributed by atoms with van der Waals surface area (Å²) in [5, 5.41) is 24.3. The van der Waals surface area contributed by atoms with E-state index >= 15 is 0 Å². The van der Waals surface area contributed by atoms with Gasteiger partial charge in [0.2, 0.25) is 0 Å². The molecule has 0 atom stereocenters. The van der Waals surface area contributed by atoms with E-state index < -0.39 is 0 Å². The maximum absolute atomic E-state index is 10.6. The number of amidine groups is 1. The van der Waals surface area contributed by atoms with Gasteiger partial charge < -0.3 is 30.5 Å². The van der Waals surface area contributed by atoms with E-state index in [0.29, 0.717) is 23.4 Å². The Morgan fingerprint density at radius 2 is 2.00 bits per heavy atom. The number of hydrogen-bond acceptors (Lipinski definition) is 7. The van der Waals surface area contributed by atoms with Crippen LogP contribution < -0.4 is 10.5 Å². The highest BCUT2D eigenvalue weighted by Gasteiger charge is 2.16. The van der Waals surface area contributed by atoms with Crippen LogP contribution in [0.1, 0.15) is 5.56 Å². The van der Waals surface area contributed by atoms with Gasteiger partial charge in [0.1, 0.15) is 12.4 Å². The van der Waals surface area contributed by atoms with Crippen molar-refractivity contribution in [2.24, 2.45) is 10.9 Å². The van der Waals surface area contributed by atoms with Gasteiger partial charge in [0.15, 0.2) is 11.7 Å². The minimum atomic E-state index is -0.00356. The molecule has 1 fully saturated rings. The monoisotopic (exact) mass is 447 g/mol. The molecule has 170 valence electrons. The molecule has 0 amide bonds. The first-order chi connectivity index (χ1) is 16.1. The number of aromatic nitrogens is 2. The fourth-order valence-electron chi connectivity index (χ4n) is 4.10. The molecule has 9 nitrogen and oxygen atoms in total. The van der Waals surface area contributed by atoms with Crippen molar-refractivity contribution in [1.29, 1.82) is 0 Å². The Morgan fingerprint density at radius 1 is 1.15 bits per heavy atom. The van der Waals surface area contributed by atoms with Crippen LogP contribution in [0.2, 0.25) is 0 Å². The van der Waals surface area contributed by atoms with Crippen LogP contribution in [0, 0.1) is 0 Å². The van der Waals surface area contributed by atoms with Crippen molar-refractivity contribution in [2.45, 2.75) is 0 Å². The lowest BCUT2D eigenvalue weighted by Gasteiger charge is -2.26. The van der Waals surface area contributed by atoms with Crippen molar-refractivity contribution in [3.05, 3.63) is 54.1 Å². The van der Waals surface area contributed by atoms with E-state index in [1.54, 1.807) is 18.2 Å². The highest BCUT2D eigenvalue weighted by molar-refractivity contribution is 6.05. The molecule has 1 aliphatic heterocycles. The van der Waals surface area contributed by atoms with E-state index in [0.717, 1.165) is 60.4 Å². The zero-order valence-electron chi connectivity index (χ0n) is 18.0. The number of benzene rings is 2. The highest BCUT2D eigenvalue weighted by atomic mass is 16.5. The Balaban J connectivity index is 1.40. The molecule has 5 rings (SSSR count). The van der Waals surface area contributed by atoms with Crippen LogP contribution in [0.15, 0.2) is 53.7 Å². The number of rotatable bonds is 6. The third-order valence-corrected chi connectivity index (χ3v) is 5.88. The summed E-state index contributed by atoms with van der Waals surface area (Å²) in [7, 11) is 0. The molecule has 3 heterocycles. The summed E-state index contributed by atoms with van der Waals surface area (Å²) >= 11 is 0. The van der Waals surface area contributed by atoms with Crippen LogP contribution in [0.25, 0.3) is 33.1 Å². The Hall–Kier alpha value is -3.82. The van der Waals surface area contributed by atoms with Crippen molar-refractivity contribution in [2.75, 3.05) is 39.5 Å². The van der Waals surface area contributed by atoms with Gasteiger partial charge in [0.05, 0.1) is 30.0 Å². The Kier molecular flexibility index (Phi) is 5.72. The molecule has 33 heavy (non-hydrogen) atoms. The van der Waals surface area contributed by atoms with Crippen LogP contribution in [-0.2, 0) is 4.74 Å². The number of morpholine rings is 1. The van der Waals surface area contributed by atoms with Crippen LogP contribution in [0.5, 0.6) is 11.6 Å². The molecule has 0 radical (unpaired) electrons. The Labute approximate surface area is 190 Å². The van der Waals surface area contributed by atoms with E-state index in [2.05, 4.69) is 15.0 Å². The van der Waals surface area contributed by atoms with Gasteiger partial charge in [-0.2, -0.15) is 0 Å². The normalized spacial score (nSPS) is 15.3. The first-order valence-electron chi connectivity index (χ1n) is 10.8. The maximum Gasteiger partial charge on any atom is 0.199 e. The third kappa shape index (κ3) is 4.28. The maximum atomic E-state index is 10.6. The molecule has 0 saturated carbocycles. The molecule has 2 aromatic heterocycles. The van der Waals surface area contributed by atoms with Gasteiger partial charge in [-0.3, -0.25) is 4.90 Å². The number of oxime groups is 1. The number of aromatic hydroxyl groups is 1. The van der Waals surface area contributed by atoms with E-state index in [1.807, 2.05) is 30.3 Å². The molecule has 1 saturated heterocycles. The molecular formula is C24H25N5O4. The summed E-state index contributed by atoms with van der Waals surface area (Å²) in [6, 6.07) is 14.8. The molecule has 0 bridgehead atoms. The van der Waals surface area contributed by atoms with Gasteiger partial charge in [-0.1, -0.05) is 11.2 Å². The Bertz CT molecular complexity index is 1330. The summed E-state index contributed by atoms with van der Waals surface area (Å²) in [5.74, 6) is 0.802.